The largest absolute Gasteiger partial charge is 0.354 e. The molecule has 2 aliphatic rings. The summed E-state index contributed by atoms with van der Waals surface area (Å²) in [6, 6.07) is 4.14. The highest BCUT2D eigenvalue weighted by atomic mass is 127. The van der Waals surface area contributed by atoms with Crippen molar-refractivity contribution >= 4 is 51.3 Å². The van der Waals surface area contributed by atoms with E-state index in [-0.39, 0.29) is 24.0 Å². The molecule has 9 heteroatoms. The van der Waals surface area contributed by atoms with Crippen molar-refractivity contribution in [1.82, 2.24) is 14.9 Å². The van der Waals surface area contributed by atoms with Gasteiger partial charge < -0.3 is 10.6 Å². The third-order valence-corrected chi connectivity index (χ3v) is 8.60. The standard InChI is InChI=1S/C18H30N4O2S2.HI/c1-19-18(21-15-8-4-2-5-9-15)20-14-16-10-11-17(25-16)26(23,24)22-12-6-3-7-13-22;/h10-11,15H,2-9,12-14H2,1H3,(H2,19,20,21);1H. The van der Waals surface area contributed by atoms with Crippen molar-refractivity contribution in [1.29, 1.82) is 0 Å². The molecule has 1 aliphatic carbocycles. The van der Waals surface area contributed by atoms with E-state index in [2.05, 4.69) is 15.6 Å². The minimum absolute atomic E-state index is 0. The highest BCUT2D eigenvalue weighted by molar-refractivity contribution is 14.0. The lowest BCUT2D eigenvalue weighted by Gasteiger charge is -2.25. The van der Waals surface area contributed by atoms with Crippen LogP contribution >= 0.6 is 35.3 Å². The molecular weight excluding hydrogens is 495 g/mol. The van der Waals surface area contributed by atoms with Gasteiger partial charge in [-0.1, -0.05) is 25.7 Å². The Morgan fingerprint density at radius 3 is 2.48 bits per heavy atom. The lowest BCUT2D eigenvalue weighted by Crippen LogP contribution is -2.43. The number of rotatable bonds is 5. The zero-order valence-electron chi connectivity index (χ0n) is 15.9. The summed E-state index contributed by atoms with van der Waals surface area (Å²) in [4.78, 5) is 5.31. The molecule has 0 atom stereocenters. The third-order valence-electron chi connectivity index (χ3n) is 5.15. The second-order valence-corrected chi connectivity index (χ2v) is 10.4. The Hall–Kier alpha value is -0.390. The molecule has 154 valence electrons. The lowest BCUT2D eigenvalue weighted by atomic mass is 9.96. The molecule has 0 amide bonds. The molecule has 1 aromatic rings. The normalized spacial score (nSPS) is 20.1. The Labute approximate surface area is 184 Å². The first kappa shape index (κ1) is 22.9. The van der Waals surface area contributed by atoms with E-state index in [4.69, 9.17) is 0 Å². The molecule has 1 saturated carbocycles. The number of piperidine rings is 1. The molecule has 0 aromatic carbocycles. The Balaban J connectivity index is 0.00000261. The van der Waals surface area contributed by atoms with Gasteiger partial charge in [0.25, 0.3) is 10.0 Å². The number of guanidine groups is 1. The monoisotopic (exact) mass is 526 g/mol. The number of sulfonamides is 1. The number of halogens is 1. The van der Waals surface area contributed by atoms with Crippen LogP contribution in [0.15, 0.2) is 21.3 Å². The topological polar surface area (TPSA) is 73.8 Å². The number of nitrogens with one attached hydrogen (secondary N) is 2. The lowest BCUT2D eigenvalue weighted by molar-refractivity contribution is 0.347. The highest BCUT2D eigenvalue weighted by Crippen LogP contribution is 2.27. The van der Waals surface area contributed by atoms with Crippen LogP contribution in [0.1, 0.15) is 56.2 Å². The van der Waals surface area contributed by atoms with Crippen LogP contribution in [0.3, 0.4) is 0 Å². The van der Waals surface area contributed by atoms with E-state index in [0.717, 1.165) is 30.1 Å². The third kappa shape index (κ3) is 6.30. The molecule has 2 heterocycles. The van der Waals surface area contributed by atoms with E-state index in [1.807, 2.05) is 6.07 Å². The number of hydrogen-bond donors (Lipinski definition) is 2. The van der Waals surface area contributed by atoms with Crippen molar-refractivity contribution in [2.24, 2.45) is 4.99 Å². The summed E-state index contributed by atoms with van der Waals surface area (Å²) in [5.74, 6) is 0.797. The maximum absolute atomic E-state index is 12.7. The predicted octanol–water partition coefficient (Wildman–Crippen LogP) is 3.54. The summed E-state index contributed by atoms with van der Waals surface area (Å²) >= 11 is 1.36. The Bertz CT molecular complexity index is 709. The van der Waals surface area contributed by atoms with Gasteiger partial charge in [0.15, 0.2) is 5.96 Å². The zero-order valence-corrected chi connectivity index (χ0v) is 19.9. The van der Waals surface area contributed by atoms with Gasteiger partial charge in [0.2, 0.25) is 0 Å². The predicted molar refractivity (Wildman–Crippen MR) is 123 cm³/mol. The van der Waals surface area contributed by atoms with E-state index in [0.29, 0.717) is 29.9 Å². The van der Waals surface area contributed by atoms with Gasteiger partial charge in [-0.15, -0.1) is 35.3 Å². The van der Waals surface area contributed by atoms with Gasteiger partial charge in [-0.25, -0.2) is 8.42 Å². The average molecular weight is 527 g/mol. The first-order chi connectivity index (χ1) is 12.6. The fourth-order valence-electron chi connectivity index (χ4n) is 3.63. The molecule has 3 rings (SSSR count). The minimum Gasteiger partial charge on any atom is -0.354 e. The second-order valence-electron chi connectivity index (χ2n) is 7.09. The number of nitrogens with zero attached hydrogens (tertiary/aromatic N) is 2. The van der Waals surface area contributed by atoms with Crippen LogP contribution in [-0.4, -0.2) is 44.9 Å². The van der Waals surface area contributed by atoms with E-state index >= 15 is 0 Å². The maximum atomic E-state index is 12.7. The van der Waals surface area contributed by atoms with E-state index in [1.54, 1.807) is 17.4 Å². The van der Waals surface area contributed by atoms with Gasteiger partial charge in [0, 0.05) is 31.1 Å². The van der Waals surface area contributed by atoms with Gasteiger partial charge in [0.05, 0.1) is 6.54 Å². The summed E-state index contributed by atoms with van der Waals surface area (Å²) in [6.45, 7) is 1.88. The molecule has 0 radical (unpaired) electrons. The van der Waals surface area contributed by atoms with Gasteiger partial charge in [0.1, 0.15) is 4.21 Å². The summed E-state index contributed by atoms with van der Waals surface area (Å²) in [6.07, 6.45) is 9.31. The van der Waals surface area contributed by atoms with E-state index in [1.165, 1.54) is 43.4 Å². The number of aliphatic imine (C=N–C) groups is 1. The van der Waals surface area contributed by atoms with Gasteiger partial charge >= 0.3 is 0 Å². The van der Waals surface area contributed by atoms with Crippen LogP contribution in [0.25, 0.3) is 0 Å². The minimum atomic E-state index is -3.33. The number of hydrogen-bond acceptors (Lipinski definition) is 4. The summed E-state index contributed by atoms with van der Waals surface area (Å²) < 4.78 is 27.6. The van der Waals surface area contributed by atoms with Crippen molar-refractivity contribution in [3.8, 4) is 0 Å². The van der Waals surface area contributed by atoms with Crippen molar-refractivity contribution in [3.63, 3.8) is 0 Å². The van der Waals surface area contributed by atoms with E-state index in [9.17, 15) is 8.42 Å². The van der Waals surface area contributed by atoms with Crippen LogP contribution < -0.4 is 10.6 Å². The second kappa shape index (κ2) is 11.0. The smallest absolute Gasteiger partial charge is 0.252 e. The van der Waals surface area contributed by atoms with Gasteiger partial charge in [-0.3, -0.25) is 4.99 Å². The molecule has 2 fully saturated rings. The molecule has 2 N–H and O–H groups in total. The first-order valence-electron chi connectivity index (χ1n) is 9.65. The molecule has 0 spiro atoms. The molecular formula is C18H31IN4O2S2. The average Bonchev–Trinajstić information content (AvgIpc) is 3.16. The SMILES string of the molecule is CN=C(NCc1ccc(S(=O)(=O)N2CCCCC2)s1)NC1CCCCC1.I. The Morgan fingerprint density at radius 2 is 1.81 bits per heavy atom. The van der Waals surface area contributed by atoms with Crippen LogP contribution in [0.2, 0.25) is 0 Å². The molecule has 1 saturated heterocycles. The summed E-state index contributed by atoms with van der Waals surface area (Å²) in [7, 11) is -1.55. The van der Waals surface area contributed by atoms with E-state index < -0.39 is 10.0 Å². The molecule has 1 aliphatic heterocycles. The fourth-order valence-corrected chi connectivity index (χ4v) is 6.60. The van der Waals surface area contributed by atoms with Crippen LogP contribution in [0.5, 0.6) is 0 Å². The number of thiophene rings is 1. The Morgan fingerprint density at radius 1 is 1.15 bits per heavy atom. The van der Waals surface area contributed by atoms with Gasteiger partial charge in [-0.05, 0) is 37.8 Å². The van der Waals surface area contributed by atoms with Crippen molar-refractivity contribution in [3.05, 3.63) is 17.0 Å². The summed E-state index contributed by atoms with van der Waals surface area (Å²) in [5.41, 5.74) is 0. The molecule has 0 bridgehead atoms. The quantitative estimate of drug-likeness (QED) is 0.350. The zero-order chi connectivity index (χ0) is 18.4. The highest BCUT2D eigenvalue weighted by Gasteiger charge is 2.27. The summed E-state index contributed by atoms with van der Waals surface area (Å²) in [5, 5.41) is 6.80. The fraction of sp³-hybridized carbons (Fsp3) is 0.722. The maximum Gasteiger partial charge on any atom is 0.252 e. The van der Waals surface area contributed by atoms with Crippen molar-refractivity contribution in [2.75, 3.05) is 20.1 Å². The van der Waals surface area contributed by atoms with Crippen LogP contribution in [0.4, 0.5) is 0 Å². The van der Waals surface area contributed by atoms with Gasteiger partial charge in [-0.2, -0.15) is 4.31 Å². The molecule has 6 nitrogen and oxygen atoms in total. The molecule has 1 aromatic heterocycles. The first-order valence-corrected chi connectivity index (χ1v) is 11.9. The van der Waals surface area contributed by atoms with Crippen molar-refractivity contribution in [2.45, 2.75) is 68.2 Å². The van der Waals surface area contributed by atoms with Crippen LogP contribution in [0, 0.1) is 0 Å². The van der Waals surface area contributed by atoms with Crippen molar-refractivity contribution < 1.29 is 8.42 Å². The molecule has 0 unspecified atom stereocenters. The van der Waals surface area contributed by atoms with Crippen LogP contribution in [-0.2, 0) is 16.6 Å². The Kier molecular flexibility index (Phi) is 9.30. The molecule has 27 heavy (non-hydrogen) atoms.